The van der Waals surface area contributed by atoms with Gasteiger partial charge in [0.15, 0.2) is 4.90 Å². The van der Waals surface area contributed by atoms with Crippen LogP contribution in [0.15, 0.2) is 35.2 Å². The van der Waals surface area contributed by atoms with Crippen LogP contribution in [0.25, 0.3) is 0 Å². The second kappa shape index (κ2) is 4.53. The summed E-state index contributed by atoms with van der Waals surface area (Å²) in [5.41, 5.74) is 0. The summed E-state index contributed by atoms with van der Waals surface area (Å²) in [7, 11) is 0. The first-order chi connectivity index (χ1) is 5.70. The van der Waals surface area contributed by atoms with Gasteiger partial charge >= 0.3 is 0 Å². The first-order valence-electron chi connectivity index (χ1n) is 4.13. The van der Waals surface area contributed by atoms with Crippen LogP contribution in [-0.2, 0) is 11.2 Å². The van der Waals surface area contributed by atoms with E-state index in [0.717, 1.165) is 10.6 Å². The first-order valence-corrected chi connectivity index (χ1v) is 5.45. The van der Waals surface area contributed by atoms with E-state index in [9.17, 15) is 4.55 Å². The van der Waals surface area contributed by atoms with Gasteiger partial charge in [-0.2, -0.15) is 0 Å². The Balaban J connectivity index is 2.59. The van der Waals surface area contributed by atoms with Crippen molar-refractivity contribution in [2.24, 2.45) is 5.92 Å². The van der Waals surface area contributed by atoms with Crippen molar-refractivity contribution in [3.8, 4) is 0 Å². The predicted octanol–water partition coefficient (Wildman–Crippen LogP) is 2.45. The Labute approximate surface area is 77.0 Å². The van der Waals surface area contributed by atoms with E-state index >= 15 is 0 Å². The van der Waals surface area contributed by atoms with Gasteiger partial charge in [-0.25, -0.2) is 0 Å². The average molecular weight is 182 g/mol. The molecule has 0 amide bonds. The van der Waals surface area contributed by atoms with E-state index in [2.05, 4.69) is 13.8 Å². The van der Waals surface area contributed by atoms with Crippen LogP contribution in [0.2, 0.25) is 0 Å². The van der Waals surface area contributed by atoms with Gasteiger partial charge in [0.2, 0.25) is 0 Å². The standard InChI is InChI=1S/C10H14OS/c1-9(2)8-12(11)10-6-4-3-5-7-10/h3-7,9H,8H2,1-2H3. The van der Waals surface area contributed by atoms with Gasteiger partial charge in [-0.3, -0.25) is 0 Å². The zero-order valence-electron chi connectivity index (χ0n) is 7.49. The lowest BCUT2D eigenvalue weighted by Crippen LogP contribution is -2.11. The van der Waals surface area contributed by atoms with E-state index in [1.54, 1.807) is 0 Å². The highest BCUT2D eigenvalue weighted by atomic mass is 32.2. The molecule has 1 rings (SSSR count). The molecule has 1 aromatic carbocycles. The topological polar surface area (TPSA) is 23.1 Å². The molecule has 0 heterocycles. The summed E-state index contributed by atoms with van der Waals surface area (Å²) >= 11 is -0.814. The van der Waals surface area contributed by atoms with Crippen LogP contribution in [-0.4, -0.2) is 10.3 Å². The molecule has 1 unspecified atom stereocenters. The summed E-state index contributed by atoms with van der Waals surface area (Å²) in [5.74, 6) is 1.25. The lowest BCUT2D eigenvalue weighted by Gasteiger charge is -2.11. The zero-order chi connectivity index (χ0) is 8.97. The second-order valence-corrected chi connectivity index (χ2v) is 4.71. The molecule has 0 fully saturated rings. The van der Waals surface area contributed by atoms with Gasteiger partial charge in [0.05, 0.1) is 0 Å². The molecule has 0 aliphatic rings. The van der Waals surface area contributed by atoms with Gasteiger partial charge in [-0.05, 0) is 29.2 Å². The molecule has 12 heavy (non-hydrogen) atoms. The maximum absolute atomic E-state index is 11.6. The number of hydrogen-bond donors (Lipinski definition) is 0. The third-order valence-electron chi connectivity index (χ3n) is 1.49. The predicted molar refractivity (Wildman–Crippen MR) is 52.6 cm³/mol. The molecule has 2 heteroatoms. The maximum atomic E-state index is 11.6. The maximum Gasteiger partial charge on any atom is 0.152 e. The largest absolute Gasteiger partial charge is 0.611 e. The van der Waals surface area contributed by atoms with Gasteiger partial charge in [0, 0.05) is 0 Å². The Morgan fingerprint density at radius 3 is 2.33 bits per heavy atom. The van der Waals surface area contributed by atoms with Crippen LogP contribution in [0.4, 0.5) is 0 Å². The Bertz CT molecular complexity index is 221. The fourth-order valence-electron chi connectivity index (χ4n) is 0.971. The minimum Gasteiger partial charge on any atom is -0.611 e. The molecule has 1 atom stereocenters. The summed E-state index contributed by atoms with van der Waals surface area (Å²) in [5, 5.41) is 0. The monoisotopic (exact) mass is 182 g/mol. The molecule has 0 spiro atoms. The van der Waals surface area contributed by atoms with Crippen LogP contribution in [0.3, 0.4) is 0 Å². The van der Waals surface area contributed by atoms with Gasteiger partial charge in [-0.1, -0.05) is 32.0 Å². The summed E-state index contributed by atoms with van der Waals surface area (Å²) < 4.78 is 11.6. The van der Waals surface area contributed by atoms with E-state index in [0.29, 0.717) is 5.92 Å². The summed E-state index contributed by atoms with van der Waals surface area (Å²) in [6, 6.07) is 9.62. The van der Waals surface area contributed by atoms with Crippen molar-refractivity contribution in [2.75, 3.05) is 5.75 Å². The molecule has 0 aromatic heterocycles. The highest BCUT2D eigenvalue weighted by Crippen LogP contribution is 2.12. The van der Waals surface area contributed by atoms with E-state index < -0.39 is 11.2 Å². The Hall–Kier alpha value is -0.470. The molecular formula is C10H14OS. The Morgan fingerprint density at radius 1 is 1.25 bits per heavy atom. The van der Waals surface area contributed by atoms with E-state index in [1.165, 1.54) is 0 Å². The third-order valence-corrected chi connectivity index (χ3v) is 3.26. The number of rotatable bonds is 3. The first kappa shape index (κ1) is 9.62. The van der Waals surface area contributed by atoms with E-state index in [1.807, 2.05) is 30.3 Å². The van der Waals surface area contributed by atoms with Crippen LogP contribution in [0.5, 0.6) is 0 Å². The van der Waals surface area contributed by atoms with Crippen LogP contribution >= 0.6 is 0 Å². The van der Waals surface area contributed by atoms with Gasteiger partial charge in [-0.15, -0.1) is 0 Å². The molecule has 1 nitrogen and oxygen atoms in total. The molecule has 0 aliphatic heterocycles. The summed E-state index contributed by atoms with van der Waals surface area (Å²) in [6.45, 7) is 4.17. The van der Waals surface area contributed by atoms with E-state index in [-0.39, 0.29) is 0 Å². The highest BCUT2D eigenvalue weighted by molar-refractivity contribution is 7.91. The fraction of sp³-hybridized carbons (Fsp3) is 0.400. The van der Waals surface area contributed by atoms with Crippen molar-refractivity contribution in [1.29, 1.82) is 0 Å². The average Bonchev–Trinajstić information content (AvgIpc) is 2.05. The SMILES string of the molecule is CC(C)C[S+]([O-])c1ccccc1. The molecule has 0 N–H and O–H groups in total. The minimum atomic E-state index is -0.814. The van der Waals surface area contributed by atoms with Gasteiger partial charge in [0.1, 0.15) is 5.75 Å². The van der Waals surface area contributed by atoms with Crippen LogP contribution in [0, 0.1) is 5.92 Å². The summed E-state index contributed by atoms with van der Waals surface area (Å²) in [6.07, 6.45) is 0. The minimum absolute atomic E-state index is 0.492. The van der Waals surface area contributed by atoms with Gasteiger partial charge < -0.3 is 4.55 Å². The zero-order valence-corrected chi connectivity index (χ0v) is 8.30. The summed E-state index contributed by atoms with van der Waals surface area (Å²) in [4.78, 5) is 0.936. The smallest absolute Gasteiger partial charge is 0.152 e. The van der Waals surface area contributed by atoms with Crippen molar-refractivity contribution in [2.45, 2.75) is 18.7 Å². The Kier molecular flexibility index (Phi) is 3.63. The third kappa shape index (κ3) is 2.88. The Morgan fingerprint density at radius 2 is 1.83 bits per heavy atom. The molecule has 0 aliphatic carbocycles. The van der Waals surface area contributed by atoms with Crippen molar-refractivity contribution >= 4 is 11.2 Å². The number of hydrogen-bond acceptors (Lipinski definition) is 1. The fourth-order valence-corrected chi connectivity index (χ4v) is 2.23. The van der Waals surface area contributed by atoms with Crippen LogP contribution in [0.1, 0.15) is 13.8 Å². The molecule has 0 saturated heterocycles. The molecule has 1 aromatic rings. The molecule has 0 bridgehead atoms. The highest BCUT2D eigenvalue weighted by Gasteiger charge is 2.11. The van der Waals surface area contributed by atoms with Crippen molar-refractivity contribution in [3.05, 3.63) is 30.3 Å². The van der Waals surface area contributed by atoms with Crippen molar-refractivity contribution < 1.29 is 4.55 Å². The lowest BCUT2D eigenvalue weighted by atomic mass is 10.3. The second-order valence-electron chi connectivity index (χ2n) is 3.22. The lowest BCUT2D eigenvalue weighted by molar-refractivity contribution is 0.581. The van der Waals surface area contributed by atoms with Gasteiger partial charge in [0.25, 0.3) is 0 Å². The quantitative estimate of drug-likeness (QED) is 0.658. The normalized spacial score (nSPS) is 13.3. The molecule has 0 radical (unpaired) electrons. The van der Waals surface area contributed by atoms with Crippen LogP contribution < -0.4 is 0 Å². The van der Waals surface area contributed by atoms with E-state index in [4.69, 9.17) is 0 Å². The molecular weight excluding hydrogens is 168 g/mol. The van der Waals surface area contributed by atoms with Crippen molar-refractivity contribution in [1.82, 2.24) is 0 Å². The molecule has 0 saturated carbocycles. The molecule has 66 valence electrons. The number of benzene rings is 1. The van der Waals surface area contributed by atoms with Crippen molar-refractivity contribution in [3.63, 3.8) is 0 Å².